The van der Waals surface area contributed by atoms with Crippen molar-refractivity contribution in [1.29, 1.82) is 0 Å². The molecule has 0 aliphatic carbocycles. The number of nitrogens with one attached hydrogen (secondary N) is 2. The molecule has 0 radical (unpaired) electrons. The highest BCUT2D eigenvalue weighted by atomic mass is 127. The molecule has 1 aromatic rings. The summed E-state index contributed by atoms with van der Waals surface area (Å²) in [5.74, 6) is 0.771. The largest absolute Gasteiger partial charge is 0.357 e. The van der Waals surface area contributed by atoms with Gasteiger partial charge in [0.2, 0.25) is 10.0 Å². The number of nitrogens with zero attached hydrogens (tertiary/aromatic N) is 2. The fourth-order valence-corrected chi connectivity index (χ4v) is 3.40. The van der Waals surface area contributed by atoms with E-state index in [2.05, 4.69) is 29.5 Å². The van der Waals surface area contributed by atoms with E-state index in [-0.39, 0.29) is 30.0 Å². The zero-order valence-electron chi connectivity index (χ0n) is 16.6. The molecule has 6 nitrogen and oxygen atoms in total. The number of benzene rings is 1. The Morgan fingerprint density at radius 2 is 1.73 bits per heavy atom. The van der Waals surface area contributed by atoms with E-state index in [0.29, 0.717) is 17.5 Å². The third-order valence-corrected chi connectivity index (χ3v) is 6.13. The summed E-state index contributed by atoms with van der Waals surface area (Å²) in [5.41, 5.74) is 0.965. The lowest BCUT2D eigenvalue weighted by Gasteiger charge is -2.21. The second-order valence-corrected chi connectivity index (χ2v) is 8.41. The standard InChI is InChI=1S/C18H32N4O2S.HI/c1-7-15(5)21-18(19-8-2)20-13-16-9-11-17(12-10-16)25(23,24)22(6)14(3)4;/h9-12,14-15H,7-8,13H2,1-6H3,(H2,19,20,21);1H. The van der Waals surface area contributed by atoms with Crippen molar-refractivity contribution in [3.05, 3.63) is 29.8 Å². The van der Waals surface area contributed by atoms with Crippen LogP contribution in [0.25, 0.3) is 0 Å². The van der Waals surface area contributed by atoms with Gasteiger partial charge in [0, 0.05) is 25.7 Å². The van der Waals surface area contributed by atoms with Gasteiger partial charge in [-0.15, -0.1) is 24.0 Å². The van der Waals surface area contributed by atoms with Crippen molar-refractivity contribution in [2.24, 2.45) is 4.99 Å². The Hall–Kier alpha value is -0.870. The van der Waals surface area contributed by atoms with Gasteiger partial charge < -0.3 is 10.6 Å². The van der Waals surface area contributed by atoms with Gasteiger partial charge in [-0.2, -0.15) is 4.31 Å². The highest BCUT2D eigenvalue weighted by molar-refractivity contribution is 14.0. The Morgan fingerprint density at radius 3 is 2.19 bits per heavy atom. The van der Waals surface area contributed by atoms with Crippen LogP contribution in [0, 0.1) is 0 Å². The van der Waals surface area contributed by atoms with Crippen LogP contribution < -0.4 is 10.6 Å². The van der Waals surface area contributed by atoms with Gasteiger partial charge in [-0.05, 0) is 51.8 Å². The zero-order chi connectivity index (χ0) is 19.0. The normalized spacial score (nSPS) is 13.5. The van der Waals surface area contributed by atoms with Crippen LogP contribution in [0.4, 0.5) is 0 Å². The Morgan fingerprint density at radius 1 is 1.15 bits per heavy atom. The first-order chi connectivity index (χ1) is 11.7. The minimum atomic E-state index is -3.44. The lowest BCUT2D eigenvalue weighted by atomic mass is 10.2. The van der Waals surface area contributed by atoms with Crippen LogP contribution in [0.15, 0.2) is 34.2 Å². The Bertz CT molecular complexity index is 660. The number of aliphatic imine (C=N–C) groups is 1. The van der Waals surface area contributed by atoms with Gasteiger partial charge in [0.05, 0.1) is 11.4 Å². The van der Waals surface area contributed by atoms with Crippen LogP contribution in [-0.2, 0) is 16.6 Å². The predicted octanol–water partition coefficient (Wildman–Crippen LogP) is 3.19. The number of rotatable bonds is 8. The van der Waals surface area contributed by atoms with E-state index < -0.39 is 10.0 Å². The summed E-state index contributed by atoms with van der Waals surface area (Å²) in [7, 11) is -1.84. The number of sulfonamides is 1. The van der Waals surface area contributed by atoms with Crippen LogP contribution in [0.5, 0.6) is 0 Å². The third kappa shape index (κ3) is 7.40. The maximum Gasteiger partial charge on any atom is 0.243 e. The SMILES string of the molecule is CCNC(=NCc1ccc(S(=O)(=O)N(C)C(C)C)cc1)NC(C)CC.I. The summed E-state index contributed by atoms with van der Waals surface area (Å²) in [4.78, 5) is 4.87. The number of guanidine groups is 1. The van der Waals surface area contributed by atoms with Crippen molar-refractivity contribution in [2.45, 2.75) is 64.6 Å². The van der Waals surface area contributed by atoms with Crippen LogP contribution in [-0.4, -0.2) is 44.4 Å². The fourth-order valence-electron chi connectivity index (χ4n) is 2.04. The van der Waals surface area contributed by atoms with Crippen LogP contribution >= 0.6 is 24.0 Å². The first-order valence-electron chi connectivity index (χ1n) is 8.84. The number of hydrogen-bond acceptors (Lipinski definition) is 3. The third-order valence-electron chi connectivity index (χ3n) is 4.09. The quantitative estimate of drug-likeness (QED) is 0.330. The second-order valence-electron chi connectivity index (χ2n) is 6.41. The monoisotopic (exact) mass is 496 g/mol. The van der Waals surface area contributed by atoms with Crippen molar-refractivity contribution in [1.82, 2.24) is 14.9 Å². The molecule has 1 unspecified atom stereocenters. The molecule has 0 bridgehead atoms. The Labute approximate surface area is 175 Å². The molecular weight excluding hydrogens is 463 g/mol. The Kier molecular flexibility index (Phi) is 11.4. The summed E-state index contributed by atoms with van der Waals surface area (Å²) in [6.45, 7) is 11.2. The predicted molar refractivity (Wildman–Crippen MR) is 120 cm³/mol. The van der Waals surface area contributed by atoms with E-state index in [9.17, 15) is 8.42 Å². The molecule has 0 aliphatic heterocycles. The minimum absolute atomic E-state index is 0. The van der Waals surface area contributed by atoms with E-state index in [4.69, 9.17) is 0 Å². The number of halogens is 1. The lowest BCUT2D eigenvalue weighted by Crippen LogP contribution is -2.41. The van der Waals surface area contributed by atoms with E-state index in [0.717, 1.165) is 24.5 Å². The molecule has 0 spiro atoms. The summed E-state index contributed by atoms with van der Waals surface area (Å²) in [6.07, 6.45) is 1.01. The molecule has 26 heavy (non-hydrogen) atoms. The molecule has 1 atom stereocenters. The van der Waals surface area contributed by atoms with Crippen molar-refractivity contribution in [3.63, 3.8) is 0 Å². The fraction of sp³-hybridized carbons (Fsp3) is 0.611. The van der Waals surface area contributed by atoms with Crippen molar-refractivity contribution < 1.29 is 8.42 Å². The maximum atomic E-state index is 12.5. The minimum Gasteiger partial charge on any atom is -0.357 e. The lowest BCUT2D eigenvalue weighted by molar-refractivity contribution is 0.410. The molecule has 0 fully saturated rings. The highest BCUT2D eigenvalue weighted by Crippen LogP contribution is 2.17. The van der Waals surface area contributed by atoms with Crippen LogP contribution in [0.1, 0.15) is 46.6 Å². The van der Waals surface area contributed by atoms with Crippen molar-refractivity contribution in [2.75, 3.05) is 13.6 Å². The summed E-state index contributed by atoms with van der Waals surface area (Å²) < 4.78 is 26.3. The first kappa shape index (κ1) is 25.1. The maximum absolute atomic E-state index is 12.5. The summed E-state index contributed by atoms with van der Waals surface area (Å²) in [5, 5.41) is 6.55. The van der Waals surface area contributed by atoms with Gasteiger partial charge in [0.1, 0.15) is 0 Å². The van der Waals surface area contributed by atoms with Gasteiger partial charge in [-0.3, -0.25) is 0 Å². The molecule has 0 heterocycles. The van der Waals surface area contributed by atoms with E-state index >= 15 is 0 Å². The smallest absolute Gasteiger partial charge is 0.243 e. The van der Waals surface area contributed by atoms with Gasteiger partial charge in [0.25, 0.3) is 0 Å². The first-order valence-corrected chi connectivity index (χ1v) is 10.3. The molecule has 0 aromatic heterocycles. The number of hydrogen-bond donors (Lipinski definition) is 2. The zero-order valence-corrected chi connectivity index (χ0v) is 19.8. The van der Waals surface area contributed by atoms with Gasteiger partial charge in [-0.25, -0.2) is 13.4 Å². The molecular formula is C18H33IN4O2S. The van der Waals surface area contributed by atoms with Crippen molar-refractivity contribution >= 4 is 40.0 Å². The highest BCUT2D eigenvalue weighted by Gasteiger charge is 2.22. The second kappa shape index (κ2) is 11.8. The molecule has 8 heteroatoms. The van der Waals surface area contributed by atoms with E-state index in [1.807, 2.05) is 32.9 Å². The van der Waals surface area contributed by atoms with Gasteiger partial charge >= 0.3 is 0 Å². The molecule has 150 valence electrons. The average Bonchev–Trinajstić information content (AvgIpc) is 2.59. The van der Waals surface area contributed by atoms with Gasteiger partial charge in [-0.1, -0.05) is 19.1 Å². The topological polar surface area (TPSA) is 73.8 Å². The average molecular weight is 496 g/mol. The molecule has 1 aromatic carbocycles. The molecule has 0 amide bonds. The summed E-state index contributed by atoms with van der Waals surface area (Å²) >= 11 is 0. The molecule has 2 N–H and O–H groups in total. The Balaban J connectivity index is 0.00000625. The van der Waals surface area contributed by atoms with Gasteiger partial charge in [0.15, 0.2) is 5.96 Å². The molecule has 1 rings (SSSR count). The molecule has 0 saturated carbocycles. The van der Waals surface area contributed by atoms with Crippen LogP contribution in [0.3, 0.4) is 0 Å². The molecule has 0 saturated heterocycles. The summed E-state index contributed by atoms with van der Waals surface area (Å²) in [6, 6.07) is 7.19. The van der Waals surface area contributed by atoms with Crippen LogP contribution in [0.2, 0.25) is 0 Å². The van der Waals surface area contributed by atoms with E-state index in [1.165, 1.54) is 4.31 Å². The van der Waals surface area contributed by atoms with E-state index in [1.54, 1.807) is 19.2 Å². The molecule has 0 aliphatic rings. The van der Waals surface area contributed by atoms with Crippen molar-refractivity contribution in [3.8, 4) is 0 Å².